The molecule has 22 heavy (non-hydrogen) atoms. The van der Waals surface area contributed by atoms with Gasteiger partial charge in [0, 0.05) is 10.7 Å². The Balaban J connectivity index is 1.62. The molecular formula is C15H11Cl2N3OS. The molecule has 0 fully saturated rings. The first-order chi connectivity index (χ1) is 10.7. The van der Waals surface area contributed by atoms with Crippen LogP contribution in [-0.4, -0.2) is 10.2 Å². The zero-order chi connectivity index (χ0) is 15.4. The Morgan fingerprint density at radius 3 is 2.64 bits per heavy atom. The van der Waals surface area contributed by atoms with Crippen LogP contribution in [0.5, 0.6) is 5.75 Å². The largest absolute Gasteiger partial charge is 0.485 e. The number of aromatic nitrogens is 2. The summed E-state index contributed by atoms with van der Waals surface area (Å²) in [5.74, 6) is 0.568. The summed E-state index contributed by atoms with van der Waals surface area (Å²) in [7, 11) is 0. The third kappa shape index (κ3) is 3.88. The van der Waals surface area contributed by atoms with E-state index in [0.717, 1.165) is 10.7 Å². The van der Waals surface area contributed by atoms with Crippen molar-refractivity contribution in [3.8, 4) is 5.75 Å². The monoisotopic (exact) mass is 351 g/mol. The zero-order valence-corrected chi connectivity index (χ0v) is 13.6. The molecule has 0 aliphatic carbocycles. The minimum absolute atomic E-state index is 0.301. The molecule has 0 radical (unpaired) electrons. The number of halogens is 2. The van der Waals surface area contributed by atoms with Crippen LogP contribution < -0.4 is 10.1 Å². The Kier molecular flexibility index (Phi) is 4.77. The van der Waals surface area contributed by atoms with Crippen LogP contribution in [0, 0.1) is 0 Å². The van der Waals surface area contributed by atoms with E-state index in [1.807, 2.05) is 30.3 Å². The van der Waals surface area contributed by atoms with E-state index in [2.05, 4.69) is 15.5 Å². The van der Waals surface area contributed by atoms with Crippen LogP contribution in [0.1, 0.15) is 5.01 Å². The van der Waals surface area contributed by atoms with Crippen LogP contribution in [0.2, 0.25) is 10.0 Å². The average molecular weight is 352 g/mol. The number of nitrogens with one attached hydrogen (secondary N) is 1. The maximum absolute atomic E-state index is 6.05. The summed E-state index contributed by atoms with van der Waals surface area (Å²) >= 11 is 13.3. The van der Waals surface area contributed by atoms with Crippen molar-refractivity contribution < 1.29 is 4.74 Å². The predicted octanol–water partition coefficient (Wildman–Crippen LogP) is 5.17. The molecule has 0 saturated heterocycles. The maximum Gasteiger partial charge on any atom is 0.210 e. The Morgan fingerprint density at radius 1 is 1.05 bits per heavy atom. The third-order valence-corrected chi connectivity index (χ3v) is 4.08. The number of nitrogens with zero attached hydrogens (tertiary/aromatic N) is 2. The molecule has 1 N–H and O–H groups in total. The molecule has 112 valence electrons. The molecule has 7 heteroatoms. The molecule has 0 spiro atoms. The summed E-state index contributed by atoms with van der Waals surface area (Å²) in [6, 6.07) is 14.9. The number of ether oxygens (including phenoxy) is 1. The van der Waals surface area contributed by atoms with Gasteiger partial charge < -0.3 is 10.1 Å². The van der Waals surface area contributed by atoms with Gasteiger partial charge in [0.05, 0.1) is 5.02 Å². The van der Waals surface area contributed by atoms with Gasteiger partial charge in [0.15, 0.2) is 5.01 Å². The molecule has 3 rings (SSSR count). The number of benzene rings is 2. The van der Waals surface area contributed by atoms with Gasteiger partial charge in [-0.25, -0.2) is 0 Å². The first kappa shape index (κ1) is 15.1. The molecule has 2 aromatic carbocycles. The van der Waals surface area contributed by atoms with E-state index in [1.165, 1.54) is 11.3 Å². The van der Waals surface area contributed by atoms with Gasteiger partial charge in [-0.05, 0) is 30.3 Å². The molecule has 1 heterocycles. The SMILES string of the molecule is Clc1ccc(OCc2nnc(Nc3ccccc3)s2)c(Cl)c1. The fourth-order valence-electron chi connectivity index (χ4n) is 1.74. The second kappa shape index (κ2) is 6.96. The molecule has 0 unspecified atom stereocenters. The first-order valence-corrected chi connectivity index (χ1v) is 8.00. The topological polar surface area (TPSA) is 47.0 Å². The van der Waals surface area contributed by atoms with Crippen molar-refractivity contribution in [2.45, 2.75) is 6.61 Å². The lowest BCUT2D eigenvalue weighted by Gasteiger charge is -2.05. The minimum Gasteiger partial charge on any atom is -0.485 e. The normalized spacial score (nSPS) is 10.5. The molecule has 0 amide bonds. The molecule has 0 saturated carbocycles. The fourth-order valence-corrected chi connectivity index (χ4v) is 2.88. The Labute approximate surface area is 141 Å². The van der Waals surface area contributed by atoms with Crippen molar-refractivity contribution >= 4 is 45.4 Å². The molecule has 0 aliphatic rings. The highest BCUT2D eigenvalue weighted by molar-refractivity contribution is 7.15. The van der Waals surface area contributed by atoms with Crippen molar-refractivity contribution in [3.05, 3.63) is 63.6 Å². The van der Waals surface area contributed by atoms with Gasteiger partial charge in [0.1, 0.15) is 12.4 Å². The Bertz CT molecular complexity index is 764. The predicted molar refractivity (Wildman–Crippen MR) is 90.4 cm³/mol. The third-order valence-electron chi connectivity index (χ3n) is 2.74. The zero-order valence-electron chi connectivity index (χ0n) is 11.3. The van der Waals surface area contributed by atoms with E-state index < -0.39 is 0 Å². The summed E-state index contributed by atoms with van der Waals surface area (Å²) in [5.41, 5.74) is 0.965. The van der Waals surface area contributed by atoms with Crippen LogP contribution in [0.15, 0.2) is 48.5 Å². The highest BCUT2D eigenvalue weighted by Crippen LogP contribution is 2.29. The number of para-hydroxylation sites is 1. The summed E-state index contributed by atoms with van der Waals surface area (Å²) < 4.78 is 5.63. The van der Waals surface area contributed by atoms with E-state index in [9.17, 15) is 0 Å². The van der Waals surface area contributed by atoms with Crippen molar-refractivity contribution in [3.63, 3.8) is 0 Å². The molecule has 0 bridgehead atoms. The Hall–Kier alpha value is -1.82. The highest BCUT2D eigenvalue weighted by atomic mass is 35.5. The van der Waals surface area contributed by atoms with Crippen LogP contribution >= 0.6 is 34.5 Å². The summed E-state index contributed by atoms with van der Waals surface area (Å²) in [6.07, 6.45) is 0. The second-order valence-corrected chi connectivity index (χ2v) is 6.26. The van der Waals surface area contributed by atoms with Gasteiger partial charge in [0.2, 0.25) is 5.13 Å². The molecule has 1 aromatic heterocycles. The molecule has 4 nitrogen and oxygen atoms in total. The van der Waals surface area contributed by atoms with Crippen LogP contribution in [0.25, 0.3) is 0 Å². The summed E-state index contributed by atoms with van der Waals surface area (Å²) in [6.45, 7) is 0.301. The van der Waals surface area contributed by atoms with Crippen LogP contribution in [0.4, 0.5) is 10.8 Å². The average Bonchev–Trinajstić information content (AvgIpc) is 2.95. The number of rotatable bonds is 5. The maximum atomic E-state index is 6.05. The lowest BCUT2D eigenvalue weighted by atomic mass is 10.3. The van der Waals surface area contributed by atoms with Crippen LogP contribution in [-0.2, 0) is 6.61 Å². The van der Waals surface area contributed by atoms with E-state index in [4.69, 9.17) is 27.9 Å². The molecule has 0 atom stereocenters. The Morgan fingerprint density at radius 2 is 1.86 bits per heavy atom. The minimum atomic E-state index is 0.301. The summed E-state index contributed by atoms with van der Waals surface area (Å²) in [4.78, 5) is 0. The first-order valence-electron chi connectivity index (χ1n) is 6.43. The van der Waals surface area contributed by atoms with Gasteiger partial charge in [-0.2, -0.15) is 0 Å². The van der Waals surface area contributed by atoms with Crippen molar-refractivity contribution in [1.82, 2.24) is 10.2 Å². The van der Waals surface area contributed by atoms with E-state index >= 15 is 0 Å². The molecular weight excluding hydrogens is 341 g/mol. The van der Waals surface area contributed by atoms with Gasteiger partial charge in [-0.15, -0.1) is 10.2 Å². The van der Waals surface area contributed by atoms with Crippen molar-refractivity contribution in [2.24, 2.45) is 0 Å². The number of anilines is 2. The summed E-state index contributed by atoms with van der Waals surface area (Å²) in [5, 5.41) is 13.9. The van der Waals surface area contributed by atoms with E-state index in [-0.39, 0.29) is 0 Å². The van der Waals surface area contributed by atoms with Gasteiger partial charge in [0.25, 0.3) is 0 Å². The smallest absolute Gasteiger partial charge is 0.210 e. The fraction of sp³-hybridized carbons (Fsp3) is 0.0667. The van der Waals surface area contributed by atoms with Gasteiger partial charge in [-0.3, -0.25) is 0 Å². The molecule has 3 aromatic rings. The van der Waals surface area contributed by atoms with Crippen LogP contribution in [0.3, 0.4) is 0 Å². The number of hydrogen-bond donors (Lipinski definition) is 1. The van der Waals surface area contributed by atoms with Gasteiger partial charge >= 0.3 is 0 Å². The molecule has 0 aliphatic heterocycles. The van der Waals surface area contributed by atoms with Gasteiger partial charge in [-0.1, -0.05) is 52.7 Å². The number of hydrogen-bond acceptors (Lipinski definition) is 5. The standard InChI is InChI=1S/C15H11Cl2N3OS/c16-10-6-7-13(12(17)8-10)21-9-14-19-20-15(22-14)18-11-4-2-1-3-5-11/h1-8H,9H2,(H,18,20). The quantitative estimate of drug-likeness (QED) is 0.688. The lowest BCUT2D eigenvalue weighted by molar-refractivity contribution is 0.305. The second-order valence-electron chi connectivity index (χ2n) is 4.36. The lowest BCUT2D eigenvalue weighted by Crippen LogP contribution is -1.95. The van der Waals surface area contributed by atoms with Crippen molar-refractivity contribution in [2.75, 3.05) is 5.32 Å². The van der Waals surface area contributed by atoms with Crippen molar-refractivity contribution in [1.29, 1.82) is 0 Å². The van der Waals surface area contributed by atoms with E-state index in [0.29, 0.717) is 27.5 Å². The van der Waals surface area contributed by atoms with E-state index in [1.54, 1.807) is 18.2 Å². The highest BCUT2D eigenvalue weighted by Gasteiger charge is 2.07.